The van der Waals surface area contributed by atoms with Gasteiger partial charge in [-0.1, -0.05) is 13.8 Å². The normalized spacial score (nSPS) is 19.1. The molecule has 1 aliphatic rings. The molecule has 1 unspecified atom stereocenters. The van der Waals surface area contributed by atoms with Crippen LogP contribution in [0.2, 0.25) is 0 Å². The molecule has 160 valence electrons. The summed E-state index contributed by atoms with van der Waals surface area (Å²) in [6.45, 7) is 4.21. The van der Waals surface area contributed by atoms with E-state index in [1.165, 1.54) is 12.1 Å². The van der Waals surface area contributed by atoms with Gasteiger partial charge in [-0.3, -0.25) is 5.10 Å². The number of carboxylic acid groups (broad SMARTS) is 1. The number of nitrogens with zero attached hydrogens (tertiary/aromatic N) is 2. The number of aromatic nitrogens is 3. The Hall–Kier alpha value is -3.26. The van der Waals surface area contributed by atoms with E-state index in [-0.39, 0.29) is 30.7 Å². The minimum atomic E-state index is -1.02. The number of ether oxygens (including phenoxy) is 1. The van der Waals surface area contributed by atoms with Crippen LogP contribution in [0.5, 0.6) is 0 Å². The molecule has 0 saturated carbocycles. The number of hydrogen-bond acceptors (Lipinski definition) is 3. The summed E-state index contributed by atoms with van der Waals surface area (Å²) >= 11 is 0. The molecule has 5 rings (SSSR count). The molecule has 0 spiro atoms. The zero-order chi connectivity index (χ0) is 21.9. The van der Waals surface area contributed by atoms with Gasteiger partial charge in [0.1, 0.15) is 11.3 Å². The van der Waals surface area contributed by atoms with Crippen LogP contribution in [0.4, 0.5) is 8.78 Å². The standard InChI is InChI=1S/C23H21F2N3O3/c1-11(2)22-18(13-8-17(23(29)30)31-10-13)19-16(7-12-9-26-27-21(12)20(19)25)28(22)15-5-3-14(24)4-6-15/h3-7,9,11,13,17H,8,10H2,1-2H3,(H,26,27)(H,29,30)/t13-,17?/m0/s1. The lowest BCUT2D eigenvalue weighted by atomic mass is 9.89. The van der Waals surface area contributed by atoms with Crippen molar-refractivity contribution in [3.05, 3.63) is 59.4 Å². The maximum absolute atomic E-state index is 15.8. The van der Waals surface area contributed by atoms with Crippen LogP contribution in [-0.2, 0) is 9.53 Å². The summed E-state index contributed by atoms with van der Waals surface area (Å²) in [7, 11) is 0. The number of carboxylic acids is 1. The summed E-state index contributed by atoms with van der Waals surface area (Å²) in [5.41, 5.74) is 3.25. The van der Waals surface area contributed by atoms with Crippen molar-refractivity contribution in [2.24, 2.45) is 0 Å². The second-order valence-electron chi connectivity index (χ2n) is 8.28. The number of carbonyl (C=O) groups is 1. The SMILES string of the molecule is CC(C)c1c([C@@H]2COC(C(=O)O)C2)c2c(F)c3[nH]ncc3cc2n1-c1ccc(F)cc1. The molecule has 4 aromatic rings. The maximum atomic E-state index is 15.8. The number of aliphatic carboxylic acids is 1. The number of H-pyrrole nitrogens is 1. The smallest absolute Gasteiger partial charge is 0.332 e. The number of rotatable bonds is 4. The van der Waals surface area contributed by atoms with Gasteiger partial charge in [-0.15, -0.1) is 0 Å². The van der Waals surface area contributed by atoms with Gasteiger partial charge in [-0.2, -0.15) is 5.10 Å². The molecule has 0 aliphatic carbocycles. The quantitative estimate of drug-likeness (QED) is 0.489. The van der Waals surface area contributed by atoms with Gasteiger partial charge in [0.05, 0.1) is 18.3 Å². The van der Waals surface area contributed by atoms with E-state index in [2.05, 4.69) is 10.2 Å². The molecule has 2 aromatic heterocycles. The van der Waals surface area contributed by atoms with Crippen molar-refractivity contribution >= 4 is 27.8 Å². The summed E-state index contributed by atoms with van der Waals surface area (Å²) in [5, 5.41) is 17.1. The number of benzene rings is 2. The Kier molecular flexibility index (Phi) is 4.55. The summed E-state index contributed by atoms with van der Waals surface area (Å²) in [6.07, 6.45) is 0.902. The lowest BCUT2D eigenvalue weighted by Crippen LogP contribution is -2.18. The van der Waals surface area contributed by atoms with Crippen LogP contribution in [0.15, 0.2) is 36.5 Å². The molecule has 2 atom stereocenters. The first kappa shape index (κ1) is 19.7. The van der Waals surface area contributed by atoms with Crippen molar-refractivity contribution in [3.63, 3.8) is 0 Å². The zero-order valence-electron chi connectivity index (χ0n) is 17.0. The third-order valence-corrected chi connectivity index (χ3v) is 6.00. The third-order valence-electron chi connectivity index (χ3n) is 6.00. The molecule has 3 heterocycles. The molecular weight excluding hydrogens is 404 g/mol. The molecule has 0 amide bonds. The van der Waals surface area contributed by atoms with Crippen LogP contribution >= 0.6 is 0 Å². The molecule has 2 N–H and O–H groups in total. The van der Waals surface area contributed by atoms with Gasteiger partial charge < -0.3 is 14.4 Å². The molecule has 1 aliphatic heterocycles. The second kappa shape index (κ2) is 7.16. The van der Waals surface area contributed by atoms with Crippen LogP contribution in [0, 0.1) is 11.6 Å². The molecule has 6 nitrogen and oxygen atoms in total. The fraction of sp³-hybridized carbons (Fsp3) is 0.304. The molecular formula is C23H21F2N3O3. The van der Waals surface area contributed by atoms with Crippen LogP contribution < -0.4 is 0 Å². The first-order chi connectivity index (χ1) is 14.9. The monoisotopic (exact) mass is 425 g/mol. The minimum absolute atomic E-state index is 0.00722. The van der Waals surface area contributed by atoms with Gasteiger partial charge in [-0.05, 0) is 48.2 Å². The van der Waals surface area contributed by atoms with Gasteiger partial charge in [0.25, 0.3) is 0 Å². The maximum Gasteiger partial charge on any atom is 0.332 e. The van der Waals surface area contributed by atoms with E-state index in [9.17, 15) is 14.3 Å². The number of halogens is 2. The van der Waals surface area contributed by atoms with Crippen molar-refractivity contribution < 1.29 is 23.4 Å². The molecule has 8 heteroatoms. The average molecular weight is 425 g/mol. The van der Waals surface area contributed by atoms with Crippen LogP contribution in [0.25, 0.3) is 27.5 Å². The number of fused-ring (bicyclic) bond motifs is 2. The van der Waals surface area contributed by atoms with Crippen LogP contribution in [-0.4, -0.2) is 38.6 Å². The fourth-order valence-corrected chi connectivity index (χ4v) is 4.70. The van der Waals surface area contributed by atoms with Crippen LogP contribution in [0.1, 0.15) is 43.4 Å². The van der Waals surface area contributed by atoms with Gasteiger partial charge in [0, 0.05) is 28.1 Å². The van der Waals surface area contributed by atoms with Crippen molar-refractivity contribution in [1.82, 2.24) is 14.8 Å². The lowest BCUT2D eigenvalue weighted by Gasteiger charge is -2.18. The van der Waals surface area contributed by atoms with E-state index < -0.39 is 17.9 Å². The predicted molar refractivity (Wildman–Crippen MR) is 112 cm³/mol. The van der Waals surface area contributed by atoms with Crippen molar-refractivity contribution in [2.45, 2.75) is 38.2 Å². The Morgan fingerprint density at radius 1 is 1.29 bits per heavy atom. The first-order valence-electron chi connectivity index (χ1n) is 10.2. The number of nitrogens with one attached hydrogen (secondary N) is 1. The van der Waals surface area contributed by atoms with E-state index in [1.54, 1.807) is 18.3 Å². The molecule has 0 radical (unpaired) electrons. The number of hydrogen-bond donors (Lipinski definition) is 2. The largest absolute Gasteiger partial charge is 0.479 e. The third kappa shape index (κ3) is 3.01. The predicted octanol–water partition coefficient (Wildman–Crippen LogP) is 4.87. The minimum Gasteiger partial charge on any atom is -0.479 e. The van der Waals surface area contributed by atoms with Gasteiger partial charge in [-0.25, -0.2) is 13.6 Å². The summed E-state index contributed by atoms with van der Waals surface area (Å²) in [4.78, 5) is 11.5. The van der Waals surface area contributed by atoms with E-state index in [1.807, 2.05) is 24.5 Å². The Labute approximate surface area is 176 Å². The van der Waals surface area contributed by atoms with Gasteiger partial charge >= 0.3 is 5.97 Å². The van der Waals surface area contributed by atoms with E-state index >= 15 is 4.39 Å². The molecule has 31 heavy (non-hydrogen) atoms. The second-order valence-corrected chi connectivity index (χ2v) is 8.28. The zero-order valence-corrected chi connectivity index (χ0v) is 17.0. The van der Waals surface area contributed by atoms with Crippen molar-refractivity contribution in [1.29, 1.82) is 0 Å². The van der Waals surface area contributed by atoms with Crippen molar-refractivity contribution in [3.8, 4) is 5.69 Å². The summed E-state index contributed by atoms with van der Waals surface area (Å²) in [5.74, 6) is -2.10. The summed E-state index contributed by atoms with van der Waals surface area (Å²) in [6, 6.07) is 7.92. The summed E-state index contributed by atoms with van der Waals surface area (Å²) < 4.78 is 36.9. The van der Waals surface area contributed by atoms with E-state index in [0.29, 0.717) is 27.5 Å². The van der Waals surface area contributed by atoms with Gasteiger partial charge in [0.2, 0.25) is 0 Å². The number of aromatic amines is 1. The molecule has 1 saturated heterocycles. The highest BCUT2D eigenvalue weighted by Gasteiger charge is 2.37. The topological polar surface area (TPSA) is 80.1 Å². The van der Waals surface area contributed by atoms with E-state index in [0.717, 1.165) is 11.3 Å². The van der Waals surface area contributed by atoms with Crippen molar-refractivity contribution in [2.75, 3.05) is 6.61 Å². The Morgan fingerprint density at radius 3 is 2.68 bits per heavy atom. The highest BCUT2D eigenvalue weighted by atomic mass is 19.1. The van der Waals surface area contributed by atoms with Gasteiger partial charge in [0.15, 0.2) is 11.9 Å². The Balaban J connectivity index is 1.87. The first-order valence-corrected chi connectivity index (χ1v) is 10.2. The fourth-order valence-electron chi connectivity index (χ4n) is 4.70. The molecule has 2 aromatic carbocycles. The molecule has 0 bridgehead atoms. The average Bonchev–Trinajstić information content (AvgIpc) is 3.45. The Morgan fingerprint density at radius 2 is 2.03 bits per heavy atom. The molecule has 1 fully saturated rings. The highest BCUT2D eigenvalue weighted by molar-refractivity contribution is 6.00. The van der Waals surface area contributed by atoms with Crippen LogP contribution in [0.3, 0.4) is 0 Å². The highest BCUT2D eigenvalue weighted by Crippen LogP contribution is 2.44. The lowest BCUT2D eigenvalue weighted by molar-refractivity contribution is -0.147. The Bertz CT molecular complexity index is 1310. The van der Waals surface area contributed by atoms with E-state index in [4.69, 9.17) is 4.74 Å².